The number of benzene rings is 1. The predicted octanol–water partition coefficient (Wildman–Crippen LogP) is 2.25. The highest BCUT2D eigenvalue weighted by atomic mass is 16.2. The van der Waals surface area contributed by atoms with Gasteiger partial charge >= 0.3 is 0 Å². The van der Waals surface area contributed by atoms with E-state index in [1.54, 1.807) is 16.9 Å². The van der Waals surface area contributed by atoms with Crippen LogP contribution < -0.4 is 5.32 Å². The smallest absolute Gasteiger partial charge is 0.253 e. The number of anilines is 1. The van der Waals surface area contributed by atoms with Crippen LogP contribution in [0.4, 0.5) is 5.82 Å². The van der Waals surface area contributed by atoms with Crippen molar-refractivity contribution in [1.29, 1.82) is 0 Å². The van der Waals surface area contributed by atoms with Gasteiger partial charge in [-0.15, -0.1) is 0 Å². The predicted molar refractivity (Wildman–Crippen MR) is 105 cm³/mol. The molecular formula is C20H27N5O2. The molecule has 7 heteroatoms. The van der Waals surface area contributed by atoms with Crippen LogP contribution in [0.25, 0.3) is 0 Å². The van der Waals surface area contributed by atoms with Crippen molar-refractivity contribution in [3.05, 3.63) is 48.2 Å². The number of nitrogens with zero attached hydrogens (tertiary/aromatic N) is 4. The Hall–Kier alpha value is -2.67. The number of carbonyl (C=O) groups excluding carboxylic acids is 2. The summed E-state index contributed by atoms with van der Waals surface area (Å²) in [6.07, 6.45) is 1.69. The zero-order chi connectivity index (χ0) is 19.4. The summed E-state index contributed by atoms with van der Waals surface area (Å²) < 4.78 is 1.79. The van der Waals surface area contributed by atoms with Crippen LogP contribution in [0.3, 0.4) is 0 Å². The Labute approximate surface area is 159 Å². The number of amides is 2. The van der Waals surface area contributed by atoms with Crippen LogP contribution in [0.1, 0.15) is 37.2 Å². The van der Waals surface area contributed by atoms with Crippen LogP contribution in [0, 0.1) is 0 Å². The van der Waals surface area contributed by atoms with Gasteiger partial charge in [0.2, 0.25) is 5.91 Å². The fourth-order valence-electron chi connectivity index (χ4n) is 3.30. The molecule has 0 radical (unpaired) electrons. The molecule has 1 saturated heterocycles. The minimum Gasteiger partial charge on any atom is -0.336 e. The summed E-state index contributed by atoms with van der Waals surface area (Å²) in [4.78, 5) is 29.2. The fraction of sp³-hybridized carbons (Fsp3) is 0.450. The van der Waals surface area contributed by atoms with Gasteiger partial charge in [-0.05, 0) is 32.9 Å². The van der Waals surface area contributed by atoms with E-state index in [1.165, 1.54) is 0 Å². The first-order chi connectivity index (χ1) is 13.0. The zero-order valence-electron chi connectivity index (χ0n) is 16.1. The van der Waals surface area contributed by atoms with Gasteiger partial charge in [0.15, 0.2) is 0 Å². The number of hydrogen-bond acceptors (Lipinski definition) is 4. The van der Waals surface area contributed by atoms with Crippen molar-refractivity contribution in [1.82, 2.24) is 19.6 Å². The average Bonchev–Trinajstić information content (AvgIpc) is 3.16. The summed E-state index contributed by atoms with van der Waals surface area (Å²) in [7, 11) is 0. The van der Waals surface area contributed by atoms with Crippen molar-refractivity contribution in [2.24, 2.45) is 0 Å². The number of aromatic nitrogens is 2. The Morgan fingerprint density at radius 3 is 2.30 bits per heavy atom. The molecule has 2 aromatic rings. The van der Waals surface area contributed by atoms with E-state index in [0.29, 0.717) is 37.6 Å². The Balaban J connectivity index is 1.55. The van der Waals surface area contributed by atoms with Crippen molar-refractivity contribution in [2.45, 2.75) is 32.9 Å². The maximum atomic E-state index is 12.6. The Bertz CT molecular complexity index is 779. The quantitative estimate of drug-likeness (QED) is 0.878. The molecule has 7 nitrogen and oxygen atoms in total. The zero-order valence-corrected chi connectivity index (χ0v) is 16.1. The minimum absolute atomic E-state index is 0.0492. The normalized spacial score (nSPS) is 16.4. The lowest BCUT2D eigenvalue weighted by Crippen LogP contribution is -2.54. The summed E-state index contributed by atoms with van der Waals surface area (Å²) in [6, 6.07) is 11.0. The molecule has 2 amide bonds. The van der Waals surface area contributed by atoms with E-state index in [9.17, 15) is 9.59 Å². The lowest BCUT2D eigenvalue weighted by Gasteiger charge is -2.37. The van der Waals surface area contributed by atoms with E-state index >= 15 is 0 Å². The lowest BCUT2D eigenvalue weighted by atomic mass is 10.1. The van der Waals surface area contributed by atoms with Crippen LogP contribution in [-0.2, 0) is 4.79 Å². The van der Waals surface area contributed by atoms with Gasteiger partial charge in [0.1, 0.15) is 5.82 Å². The summed E-state index contributed by atoms with van der Waals surface area (Å²) in [5, 5.41) is 7.21. The second-order valence-corrected chi connectivity index (χ2v) is 7.11. The molecule has 0 unspecified atom stereocenters. The van der Waals surface area contributed by atoms with Gasteiger partial charge in [-0.2, -0.15) is 5.10 Å². The molecule has 0 saturated carbocycles. The van der Waals surface area contributed by atoms with Crippen molar-refractivity contribution < 1.29 is 9.59 Å². The Morgan fingerprint density at radius 2 is 1.67 bits per heavy atom. The third kappa shape index (κ3) is 4.36. The third-order valence-corrected chi connectivity index (χ3v) is 4.96. The van der Waals surface area contributed by atoms with Crippen LogP contribution >= 0.6 is 0 Å². The van der Waals surface area contributed by atoms with E-state index in [0.717, 1.165) is 0 Å². The molecule has 2 heterocycles. The second-order valence-electron chi connectivity index (χ2n) is 7.11. The van der Waals surface area contributed by atoms with Crippen LogP contribution in [0.2, 0.25) is 0 Å². The summed E-state index contributed by atoms with van der Waals surface area (Å²) in [5.74, 6) is 0.702. The Morgan fingerprint density at radius 1 is 1.00 bits per heavy atom. The van der Waals surface area contributed by atoms with Crippen LogP contribution in [0.5, 0.6) is 0 Å². The summed E-state index contributed by atoms with van der Waals surface area (Å²) in [5.41, 5.74) is 0.707. The molecule has 1 aliphatic rings. The van der Waals surface area contributed by atoms with Gasteiger partial charge in [-0.1, -0.05) is 18.2 Å². The molecule has 1 aromatic heterocycles. The monoisotopic (exact) mass is 369 g/mol. The highest BCUT2D eigenvalue weighted by molar-refractivity contribution is 5.95. The topological polar surface area (TPSA) is 70.5 Å². The number of piperazine rings is 1. The third-order valence-electron chi connectivity index (χ3n) is 4.96. The fourth-order valence-corrected chi connectivity index (χ4v) is 3.30. The largest absolute Gasteiger partial charge is 0.336 e. The molecule has 1 atom stereocenters. The van der Waals surface area contributed by atoms with Crippen molar-refractivity contribution >= 4 is 17.6 Å². The maximum Gasteiger partial charge on any atom is 0.253 e. The molecule has 27 heavy (non-hydrogen) atoms. The van der Waals surface area contributed by atoms with Gasteiger partial charge in [-0.3, -0.25) is 14.5 Å². The standard InChI is InChI=1S/C20H27N5O2/c1-15(2)25-18(9-10-21-25)22-19(26)16(3)23-11-13-24(14-12-23)20(27)17-7-5-4-6-8-17/h4-10,15-16H,11-14H2,1-3H3,(H,22,26)/t16-/m1/s1. The van der Waals surface area contributed by atoms with Gasteiger partial charge in [0, 0.05) is 43.9 Å². The molecule has 3 rings (SSSR count). The van der Waals surface area contributed by atoms with E-state index < -0.39 is 0 Å². The number of hydrogen-bond donors (Lipinski definition) is 1. The molecular weight excluding hydrogens is 342 g/mol. The van der Waals surface area contributed by atoms with E-state index in [4.69, 9.17) is 0 Å². The van der Waals surface area contributed by atoms with Gasteiger partial charge in [0.25, 0.3) is 5.91 Å². The SMILES string of the molecule is CC(C)n1nccc1NC(=O)[C@@H](C)N1CCN(C(=O)c2ccccc2)CC1. The number of rotatable bonds is 5. The molecule has 144 valence electrons. The minimum atomic E-state index is -0.269. The van der Waals surface area contributed by atoms with Crippen LogP contribution in [0.15, 0.2) is 42.6 Å². The van der Waals surface area contributed by atoms with E-state index in [-0.39, 0.29) is 23.9 Å². The Kier molecular flexibility index (Phi) is 5.91. The van der Waals surface area contributed by atoms with Crippen molar-refractivity contribution in [3.8, 4) is 0 Å². The van der Waals surface area contributed by atoms with Gasteiger partial charge in [-0.25, -0.2) is 4.68 Å². The highest BCUT2D eigenvalue weighted by Gasteiger charge is 2.28. The average molecular weight is 369 g/mol. The van der Waals surface area contributed by atoms with Crippen molar-refractivity contribution in [3.63, 3.8) is 0 Å². The molecule has 1 aromatic carbocycles. The highest BCUT2D eigenvalue weighted by Crippen LogP contribution is 2.15. The first-order valence-corrected chi connectivity index (χ1v) is 9.40. The van der Waals surface area contributed by atoms with Gasteiger partial charge < -0.3 is 10.2 Å². The maximum absolute atomic E-state index is 12.6. The molecule has 1 N–H and O–H groups in total. The second kappa shape index (κ2) is 8.35. The van der Waals surface area contributed by atoms with E-state index in [1.807, 2.05) is 56.0 Å². The lowest BCUT2D eigenvalue weighted by molar-refractivity contribution is -0.121. The first-order valence-electron chi connectivity index (χ1n) is 9.40. The summed E-state index contributed by atoms with van der Waals surface area (Å²) in [6.45, 7) is 8.54. The molecule has 0 bridgehead atoms. The van der Waals surface area contributed by atoms with Gasteiger partial charge in [0.05, 0.1) is 12.2 Å². The molecule has 1 aliphatic heterocycles. The number of carbonyl (C=O) groups is 2. The number of nitrogens with one attached hydrogen (secondary N) is 1. The van der Waals surface area contributed by atoms with Crippen molar-refractivity contribution in [2.75, 3.05) is 31.5 Å². The van der Waals surface area contributed by atoms with E-state index in [2.05, 4.69) is 15.3 Å². The van der Waals surface area contributed by atoms with Crippen LogP contribution in [-0.4, -0.2) is 63.6 Å². The molecule has 0 aliphatic carbocycles. The molecule has 1 fully saturated rings. The molecule has 0 spiro atoms. The first kappa shape index (κ1) is 19.1. The summed E-state index contributed by atoms with van der Waals surface area (Å²) >= 11 is 0.